The number of aliphatic hydroxyl groups is 1. The lowest BCUT2D eigenvalue weighted by molar-refractivity contribution is 0.190. The van der Waals surface area contributed by atoms with Gasteiger partial charge in [0.05, 0.1) is 13.2 Å². The molecule has 2 aromatic carbocycles. The molecule has 4 heteroatoms. The maximum atomic E-state index is 9.81. The first-order chi connectivity index (χ1) is 10.0. The average molecular weight is 307 g/mol. The van der Waals surface area contributed by atoms with Crippen LogP contribution in [-0.2, 0) is 6.61 Å². The number of aliphatic hydroxyl groups excluding tert-OH is 1. The number of ether oxygens (including phenoxy) is 2. The van der Waals surface area contributed by atoms with Gasteiger partial charge in [0.15, 0.2) is 0 Å². The van der Waals surface area contributed by atoms with Gasteiger partial charge in [-0.1, -0.05) is 23.2 Å². The molecule has 0 fully saturated rings. The van der Waals surface area contributed by atoms with Gasteiger partial charge >= 0.3 is 0 Å². The molecule has 0 radical (unpaired) electrons. The molecule has 0 unspecified atom stereocenters. The fourth-order valence-electron chi connectivity index (χ4n) is 2.15. The maximum absolute atomic E-state index is 9.81. The predicted octanol–water partition coefficient (Wildman–Crippen LogP) is 4.29. The van der Waals surface area contributed by atoms with Crippen molar-refractivity contribution in [3.05, 3.63) is 58.1 Å². The molecule has 21 heavy (non-hydrogen) atoms. The molecular weight excluding hydrogens is 288 g/mol. The molecule has 2 rings (SSSR count). The van der Waals surface area contributed by atoms with Crippen LogP contribution in [-0.4, -0.2) is 12.2 Å². The van der Waals surface area contributed by atoms with Gasteiger partial charge in [-0.05, 0) is 44.2 Å². The van der Waals surface area contributed by atoms with Gasteiger partial charge in [-0.15, -0.1) is 0 Å². The molecule has 3 nitrogen and oxygen atoms in total. The highest BCUT2D eigenvalue weighted by atomic mass is 35.5. The number of hydrogen-bond acceptors (Lipinski definition) is 3. The van der Waals surface area contributed by atoms with Crippen molar-refractivity contribution in [2.45, 2.75) is 26.6 Å². The Balaban J connectivity index is 2.22. The third-order valence-electron chi connectivity index (χ3n) is 3.24. The highest BCUT2D eigenvalue weighted by Gasteiger charge is 2.11. The van der Waals surface area contributed by atoms with Crippen molar-refractivity contribution in [3.63, 3.8) is 0 Å². The molecule has 2 aromatic rings. The van der Waals surface area contributed by atoms with E-state index < -0.39 is 6.10 Å². The average Bonchev–Trinajstić information content (AvgIpc) is 2.46. The number of rotatable bonds is 5. The Morgan fingerprint density at radius 2 is 1.86 bits per heavy atom. The molecule has 0 aliphatic rings. The SMILES string of the molecule is COc1ccc(C)cc1COc1ccc(Cl)cc1[C@@H](C)O. The first kappa shape index (κ1) is 15.7. The summed E-state index contributed by atoms with van der Waals surface area (Å²) in [7, 11) is 1.64. The number of hydrogen-bond donors (Lipinski definition) is 1. The number of aryl methyl sites for hydroxylation is 1. The zero-order chi connectivity index (χ0) is 15.4. The van der Waals surface area contributed by atoms with Crippen molar-refractivity contribution in [2.24, 2.45) is 0 Å². The van der Waals surface area contributed by atoms with Crippen LogP contribution in [0.25, 0.3) is 0 Å². The first-order valence-electron chi connectivity index (χ1n) is 6.75. The second kappa shape index (κ2) is 6.83. The molecule has 0 bridgehead atoms. The molecule has 0 aromatic heterocycles. The molecule has 112 valence electrons. The molecule has 0 heterocycles. The van der Waals surface area contributed by atoms with Crippen LogP contribution in [0.15, 0.2) is 36.4 Å². The highest BCUT2D eigenvalue weighted by Crippen LogP contribution is 2.30. The summed E-state index contributed by atoms with van der Waals surface area (Å²) in [6, 6.07) is 11.2. The van der Waals surface area contributed by atoms with E-state index in [0.717, 1.165) is 16.9 Å². The van der Waals surface area contributed by atoms with E-state index in [9.17, 15) is 5.11 Å². The highest BCUT2D eigenvalue weighted by molar-refractivity contribution is 6.30. The van der Waals surface area contributed by atoms with Gasteiger partial charge in [-0.25, -0.2) is 0 Å². The van der Waals surface area contributed by atoms with Gasteiger partial charge in [-0.3, -0.25) is 0 Å². The first-order valence-corrected chi connectivity index (χ1v) is 7.13. The van der Waals surface area contributed by atoms with Crippen LogP contribution in [0.1, 0.15) is 29.7 Å². The van der Waals surface area contributed by atoms with E-state index in [0.29, 0.717) is 22.9 Å². The summed E-state index contributed by atoms with van der Waals surface area (Å²) >= 11 is 5.96. The van der Waals surface area contributed by atoms with Crippen LogP contribution in [0.2, 0.25) is 5.02 Å². The lowest BCUT2D eigenvalue weighted by atomic mass is 10.1. The standard InChI is InChI=1S/C17H19ClO3/c1-11-4-6-16(20-3)13(8-11)10-21-17-7-5-14(18)9-15(17)12(2)19/h4-9,12,19H,10H2,1-3H3/t12-/m1/s1. The van der Waals surface area contributed by atoms with E-state index in [1.54, 1.807) is 32.2 Å². The third kappa shape index (κ3) is 3.90. The molecule has 0 aliphatic carbocycles. The molecule has 0 aliphatic heterocycles. The summed E-state index contributed by atoms with van der Waals surface area (Å²) in [4.78, 5) is 0. The second-order valence-electron chi connectivity index (χ2n) is 4.96. The third-order valence-corrected chi connectivity index (χ3v) is 3.48. The summed E-state index contributed by atoms with van der Waals surface area (Å²) in [5.41, 5.74) is 2.78. The van der Waals surface area contributed by atoms with Crippen LogP contribution in [0.5, 0.6) is 11.5 Å². The predicted molar refractivity (Wildman–Crippen MR) is 84.1 cm³/mol. The van der Waals surface area contributed by atoms with E-state index in [2.05, 4.69) is 0 Å². The van der Waals surface area contributed by atoms with Gasteiger partial charge in [0, 0.05) is 16.1 Å². The molecule has 0 amide bonds. The van der Waals surface area contributed by atoms with Gasteiger partial charge in [0.25, 0.3) is 0 Å². The smallest absolute Gasteiger partial charge is 0.125 e. The van der Waals surface area contributed by atoms with Crippen LogP contribution in [0, 0.1) is 6.92 Å². The molecule has 0 spiro atoms. The zero-order valence-corrected chi connectivity index (χ0v) is 13.1. The Hall–Kier alpha value is -1.71. The fraction of sp³-hybridized carbons (Fsp3) is 0.294. The minimum atomic E-state index is -0.641. The number of benzene rings is 2. The Morgan fingerprint density at radius 1 is 1.14 bits per heavy atom. The fourth-order valence-corrected chi connectivity index (χ4v) is 2.33. The minimum Gasteiger partial charge on any atom is -0.496 e. The Bertz CT molecular complexity index is 623. The van der Waals surface area contributed by atoms with Gasteiger partial charge < -0.3 is 14.6 Å². The second-order valence-corrected chi connectivity index (χ2v) is 5.40. The van der Waals surface area contributed by atoms with Gasteiger partial charge in [0.2, 0.25) is 0 Å². The quantitative estimate of drug-likeness (QED) is 0.895. The normalized spacial score (nSPS) is 12.0. The Kier molecular flexibility index (Phi) is 5.10. The van der Waals surface area contributed by atoms with Crippen LogP contribution in [0.4, 0.5) is 0 Å². The van der Waals surface area contributed by atoms with Crippen molar-refractivity contribution >= 4 is 11.6 Å². The molecule has 0 saturated heterocycles. The largest absolute Gasteiger partial charge is 0.496 e. The summed E-state index contributed by atoms with van der Waals surface area (Å²) in [5, 5.41) is 10.4. The van der Waals surface area contributed by atoms with Crippen molar-refractivity contribution < 1.29 is 14.6 Å². The molecule has 1 N–H and O–H groups in total. The molecule has 1 atom stereocenters. The Morgan fingerprint density at radius 3 is 2.52 bits per heavy atom. The Labute approximate surface area is 130 Å². The lowest BCUT2D eigenvalue weighted by Crippen LogP contribution is -2.03. The van der Waals surface area contributed by atoms with Crippen LogP contribution < -0.4 is 9.47 Å². The number of halogens is 1. The van der Waals surface area contributed by atoms with Crippen molar-refractivity contribution in [1.29, 1.82) is 0 Å². The molecule has 0 saturated carbocycles. The van der Waals surface area contributed by atoms with E-state index in [1.165, 1.54) is 0 Å². The topological polar surface area (TPSA) is 38.7 Å². The number of methoxy groups -OCH3 is 1. The van der Waals surface area contributed by atoms with E-state index in [1.807, 2.05) is 25.1 Å². The van der Waals surface area contributed by atoms with Crippen molar-refractivity contribution in [3.8, 4) is 11.5 Å². The summed E-state index contributed by atoms with van der Waals surface area (Å²) in [6.45, 7) is 4.07. The van der Waals surface area contributed by atoms with E-state index >= 15 is 0 Å². The summed E-state index contributed by atoms with van der Waals surface area (Å²) < 4.78 is 11.2. The van der Waals surface area contributed by atoms with Crippen LogP contribution >= 0.6 is 11.6 Å². The monoisotopic (exact) mass is 306 g/mol. The minimum absolute atomic E-state index is 0.367. The summed E-state index contributed by atoms with van der Waals surface area (Å²) in [6.07, 6.45) is -0.641. The van der Waals surface area contributed by atoms with Crippen LogP contribution in [0.3, 0.4) is 0 Å². The van der Waals surface area contributed by atoms with Gasteiger partial charge in [0.1, 0.15) is 18.1 Å². The maximum Gasteiger partial charge on any atom is 0.125 e. The van der Waals surface area contributed by atoms with Crippen molar-refractivity contribution in [1.82, 2.24) is 0 Å². The van der Waals surface area contributed by atoms with E-state index in [4.69, 9.17) is 21.1 Å². The molecular formula is C17H19ClO3. The summed E-state index contributed by atoms with van der Waals surface area (Å²) in [5.74, 6) is 1.41. The lowest BCUT2D eigenvalue weighted by Gasteiger charge is -2.15. The van der Waals surface area contributed by atoms with Crippen molar-refractivity contribution in [2.75, 3.05) is 7.11 Å². The van der Waals surface area contributed by atoms with E-state index in [-0.39, 0.29) is 0 Å². The van der Waals surface area contributed by atoms with Gasteiger partial charge in [-0.2, -0.15) is 0 Å². The zero-order valence-electron chi connectivity index (χ0n) is 12.4.